The number of hydrogen-bond acceptors (Lipinski definition) is 4. The van der Waals surface area contributed by atoms with Crippen LogP contribution in [0.25, 0.3) is 0 Å². The van der Waals surface area contributed by atoms with Crippen LogP contribution in [0, 0.1) is 5.92 Å². The second kappa shape index (κ2) is 6.23. The van der Waals surface area contributed by atoms with Crippen LogP contribution in [0.5, 0.6) is 0 Å². The fraction of sp³-hybridized carbons (Fsp3) is 0.692. The van der Waals surface area contributed by atoms with Crippen LogP contribution in [0.3, 0.4) is 0 Å². The van der Waals surface area contributed by atoms with Crippen LogP contribution in [0.2, 0.25) is 0 Å². The number of nitrogens with one attached hydrogen (secondary N) is 1. The van der Waals surface area contributed by atoms with E-state index in [2.05, 4.69) is 10.3 Å². The first-order valence-corrected chi connectivity index (χ1v) is 7.16. The van der Waals surface area contributed by atoms with Gasteiger partial charge in [-0.3, -0.25) is 19.5 Å². The average molecular weight is 281 g/mol. The smallest absolute Gasteiger partial charge is 0.246 e. The van der Waals surface area contributed by atoms with Crippen molar-refractivity contribution in [2.24, 2.45) is 10.9 Å². The Bertz CT molecular complexity index is 414. The average Bonchev–Trinajstić information content (AvgIpc) is 2.64. The van der Waals surface area contributed by atoms with E-state index in [1.165, 1.54) is 36.8 Å². The molecule has 0 radical (unpaired) electrons. The molecule has 0 spiro atoms. The van der Waals surface area contributed by atoms with Crippen LogP contribution in [0.1, 0.15) is 38.5 Å². The van der Waals surface area contributed by atoms with Gasteiger partial charge >= 0.3 is 0 Å². The van der Waals surface area contributed by atoms with Gasteiger partial charge in [-0.25, -0.2) is 0 Å². The zero-order valence-electron chi connectivity index (χ0n) is 11.1. The van der Waals surface area contributed by atoms with E-state index in [1.54, 1.807) is 7.05 Å². The Balaban J connectivity index is 2.02. The van der Waals surface area contributed by atoms with Crippen molar-refractivity contribution in [3.05, 3.63) is 0 Å². The second-order valence-electron chi connectivity index (χ2n) is 5.11. The Labute approximate surface area is 118 Å². The van der Waals surface area contributed by atoms with Crippen molar-refractivity contribution >= 4 is 35.4 Å². The van der Waals surface area contributed by atoms with E-state index in [0.29, 0.717) is 0 Å². The van der Waals surface area contributed by atoms with E-state index in [0.717, 1.165) is 12.8 Å². The summed E-state index contributed by atoms with van der Waals surface area (Å²) in [5.74, 6) is -1.50. The van der Waals surface area contributed by atoms with Gasteiger partial charge in [0.2, 0.25) is 11.8 Å². The highest BCUT2D eigenvalue weighted by molar-refractivity contribution is 7.80. The molecule has 6 heteroatoms. The number of carbonyl (C=O) groups excluding carboxylic acids is 2. The molecule has 1 heterocycles. The first-order valence-electron chi connectivity index (χ1n) is 6.75. The monoisotopic (exact) mass is 281 g/mol. The van der Waals surface area contributed by atoms with Crippen molar-refractivity contribution in [2.45, 2.75) is 44.6 Å². The third-order valence-corrected chi connectivity index (χ3v) is 4.06. The summed E-state index contributed by atoms with van der Waals surface area (Å²) in [6, 6.07) is 0.252. The summed E-state index contributed by atoms with van der Waals surface area (Å²) in [7, 11) is 1.57. The molecule has 2 amide bonds. The minimum Gasteiger partial charge on any atom is -0.302 e. The van der Waals surface area contributed by atoms with Gasteiger partial charge in [-0.05, 0) is 25.1 Å². The molecular formula is C13H19N3O2S. The Hall–Kier alpha value is -1.30. The Morgan fingerprint density at radius 3 is 2.53 bits per heavy atom. The van der Waals surface area contributed by atoms with Gasteiger partial charge in [0, 0.05) is 19.3 Å². The fourth-order valence-electron chi connectivity index (χ4n) is 2.43. The molecule has 2 fully saturated rings. The summed E-state index contributed by atoms with van der Waals surface area (Å²) in [4.78, 5) is 29.5. The van der Waals surface area contributed by atoms with Gasteiger partial charge in [0.05, 0.1) is 0 Å². The maximum Gasteiger partial charge on any atom is 0.246 e. The van der Waals surface area contributed by atoms with Crippen molar-refractivity contribution in [3.63, 3.8) is 0 Å². The third kappa shape index (κ3) is 3.37. The number of aliphatic imine (C=N–C) groups is 1. The van der Waals surface area contributed by atoms with Gasteiger partial charge in [-0.2, -0.15) is 0 Å². The summed E-state index contributed by atoms with van der Waals surface area (Å²) < 4.78 is 0. The lowest BCUT2D eigenvalue weighted by molar-refractivity contribution is -0.137. The van der Waals surface area contributed by atoms with E-state index >= 15 is 0 Å². The molecule has 1 atom stereocenters. The molecule has 1 aliphatic carbocycles. The predicted molar refractivity (Wildman–Crippen MR) is 77.0 cm³/mol. The molecular weight excluding hydrogens is 262 g/mol. The number of hydrogen-bond donors (Lipinski definition) is 1. The molecule has 2 rings (SSSR count). The molecule has 0 aromatic rings. The third-order valence-electron chi connectivity index (χ3n) is 3.68. The second-order valence-corrected chi connectivity index (χ2v) is 5.50. The zero-order valence-corrected chi connectivity index (χ0v) is 11.9. The van der Waals surface area contributed by atoms with Crippen molar-refractivity contribution in [1.29, 1.82) is 0 Å². The molecule has 2 aliphatic rings. The number of rotatable bonds is 2. The number of thiocarbonyl (C=S) groups is 1. The van der Waals surface area contributed by atoms with E-state index in [4.69, 9.17) is 12.2 Å². The summed E-state index contributed by atoms with van der Waals surface area (Å²) in [6.07, 6.45) is 8.47. The predicted octanol–water partition coefficient (Wildman–Crippen LogP) is 1.27. The molecule has 0 aromatic carbocycles. The van der Waals surface area contributed by atoms with E-state index in [1.807, 2.05) is 0 Å². The Morgan fingerprint density at radius 2 is 1.89 bits per heavy atom. The largest absolute Gasteiger partial charge is 0.302 e. The number of carbonyl (C=O) groups is 2. The lowest BCUT2D eigenvalue weighted by atomic mass is 10.1. The number of nitrogens with zero attached hydrogens (tertiary/aromatic N) is 2. The first kappa shape index (κ1) is 14.1. The quantitative estimate of drug-likeness (QED) is 0.359. The van der Waals surface area contributed by atoms with Crippen LogP contribution >= 0.6 is 12.2 Å². The van der Waals surface area contributed by atoms with Gasteiger partial charge in [0.15, 0.2) is 11.0 Å². The van der Waals surface area contributed by atoms with E-state index < -0.39 is 5.92 Å². The maximum atomic E-state index is 12.0. The van der Waals surface area contributed by atoms with E-state index in [-0.39, 0.29) is 23.0 Å². The molecule has 5 nitrogen and oxygen atoms in total. The van der Waals surface area contributed by atoms with Gasteiger partial charge < -0.3 is 5.32 Å². The zero-order chi connectivity index (χ0) is 13.8. The molecule has 19 heavy (non-hydrogen) atoms. The summed E-state index contributed by atoms with van der Waals surface area (Å²) in [6.45, 7) is 0. The molecule has 1 aliphatic heterocycles. The highest BCUT2D eigenvalue weighted by Crippen LogP contribution is 2.20. The SMILES string of the molecule is CN1C(=O)[C@H](C=NC2CCCCCC2)C(=O)NC1=S. The highest BCUT2D eigenvalue weighted by atomic mass is 32.1. The molecule has 1 N–H and O–H groups in total. The standard InChI is InChI=1S/C13H19N3O2S/c1-16-12(18)10(11(17)15-13(16)19)8-14-9-6-4-2-3-5-7-9/h8-10H,2-7H2,1H3,(H,15,17,19)/t10-/m1/s1. The van der Waals surface area contributed by atoms with Crippen LogP contribution < -0.4 is 5.32 Å². The molecule has 0 unspecified atom stereocenters. The lowest BCUT2D eigenvalue weighted by Crippen LogP contribution is -2.56. The minimum absolute atomic E-state index is 0.161. The van der Waals surface area contributed by atoms with Crippen LogP contribution in [0.15, 0.2) is 4.99 Å². The summed E-state index contributed by atoms with van der Waals surface area (Å²) in [5, 5.41) is 2.68. The van der Waals surface area contributed by atoms with Crippen LogP contribution in [0.4, 0.5) is 0 Å². The Kier molecular flexibility index (Phi) is 4.63. The van der Waals surface area contributed by atoms with Gasteiger partial charge in [-0.1, -0.05) is 25.7 Å². The van der Waals surface area contributed by atoms with Gasteiger partial charge in [-0.15, -0.1) is 0 Å². The van der Waals surface area contributed by atoms with E-state index in [9.17, 15) is 9.59 Å². The normalized spacial score (nSPS) is 26.7. The van der Waals surface area contributed by atoms with Gasteiger partial charge in [0.1, 0.15) is 0 Å². The van der Waals surface area contributed by atoms with Crippen LogP contribution in [-0.2, 0) is 9.59 Å². The molecule has 1 saturated carbocycles. The maximum absolute atomic E-state index is 12.0. The van der Waals surface area contributed by atoms with Gasteiger partial charge in [0.25, 0.3) is 0 Å². The summed E-state index contributed by atoms with van der Waals surface area (Å²) >= 11 is 4.89. The highest BCUT2D eigenvalue weighted by Gasteiger charge is 2.35. The molecule has 1 saturated heterocycles. The molecule has 0 bridgehead atoms. The van der Waals surface area contributed by atoms with Crippen molar-refractivity contribution < 1.29 is 9.59 Å². The van der Waals surface area contributed by atoms with Crippen molar-refractivity contribution in [3.8, 4) is 0 Å². The van der Waals surface area contributed by atoms with Crippen LogP contribution in [-0.4, -0.2) is 41.1 Å². The Morgan fingerprint density at radius 1 is 1.26 bits per heavy atom. The van der Waals surface area contributed by atoms with Crippen molar-refractivity contribution in [1.82, 2.24) is 10.2 Å². The molecule has 104 valence electrons. The first-order chi connectivity index (χ1) is 9.09. The molecule has 0 aromatic heterocycles. The number of amides is 2. The minimum atomic E-state index is -0.833. The summed E-state index contributed by atoms with van der Waals surface area (Å²) in [5.41, 5.74) is 0. The topological polar surface area (TPSA) is 61.8 Å². The lowest BCUT2D eigenvalue weighted by Gasteiger charge is -2.27. The van der Waals surface area contributed by atoms with Crippen molar-refractivity contribution in [2.75, 3.05) is 7.05 Å². The fourth-order valence-corrected chi connectivity index (χ4v) is 2.62.